The summed E-state index contributed by atoms with van der Waals surface area (Å²) >= 11 is 0. The SMILES string of the molecule is O=C1C2CC3CC1C(=O)C(C2)C3=O. The van der Waals surface area contributed by atoms with E-state index in [0.29, 0.717) is 12.8 Å². The van der Waals surface area contributed by atoms with Gasteiger partial charge in [0.25, 0.3) is 0 Å². The van der Waals surface area contributed by atoms with E-state index in [1.807, 2.05) is 0 Å². The molecule has 4 unspecified atom stereocenters. The van der Waals surface area contributed by atoms with Gasteiger partial charge < -0.3 is 0 Å². The van der Waals surface area contributed by atoms with Crippen LogP contribution in [-0.2, 0) is 14.4 Å². The first-order valence-electron chi connectivity index (χ1n) is 4.79. The third-order valence-corrected chi connectivity index (χ3v) is 3.79. The number of hydrogen-bond donors (Lipinski definition) is 0. The first kappa shape index (κ1) is 7.42. The van der Waals surface area contributed by atoms with Gasteiger partial charge in [-0.15, -0.1) is 0 Å². The molecule has 4 rings (SSSR count). The van der Waals surface area contributed by atoms with E-state index >= 15 is 0 Å². The smallest absolute Gasteiger partial charge is 0.153 e. The summed E-state index contributed by atoms with van der Waals surface area (Å²) in [7, 11) is 0. The second kappa shape index (κ2) is 2.08. The molecule has 4 aliphatic carbocycles. The van der Waals surface area contributed by atoms with Gasteiger partial charge in [-0.3, -0.25) is 14.4 Å². The van der Waals surface area contributed by atoms with Gasteiger partial charge in [0.05, 0.1) is 11.8 Å². The Hall–Kier alpha value is -0.990. The van der Waals surface area contributed by atoms with Crippen molar-refractivity contribution < 1.29 is 14.4 Å². The number of ketones is 3. The van der Waals surface area contributed by atoms with Crippen LogP contribution in [0.25, 0.3) is 0 Å². The molecule has 4 atom stereocenters. The topological polar surface area (TPSA) is 51.2 Å². The van der Waals surface area contributed by atoms with Crippen molar-refractivity contribution in [1.29, 1.82) is 0 Å². The van der Waals surface area contributed by atoms with Crippen LogP contribution in [0.3, 0.4) is 0 Å². The number of rotatable bonds is 0. The van der Waals surface area contributed by atoms with Crippen molar-refractivity contribution in [3.05, 3.63) is 0 Å². The van der Waals surface area contributed by atoms with Gasteiger partial charge in [0.2, 0.25) is 0 Å². The third-order valence-electron chi connectivity index (χ3n) is 3.79. The quantitative estimate of drug-likeness (QED) is 0.503. The Bertz CT molecular complexity index is 301. The van der Waals surface area contributed by atoms with Gasteiger partial charge in [-0.25, -0.2) is 0 Å². The minimum Gasteiger partial charge on any atom is -0.299 e. The second-order valence-corrected chi connectivity index (χ2v) is 4.41. The highest BCUT2D eigenvalue weighted by Crippen LogP contribution is 2.47. The van der Waals surface area contributed by atoms with Gasteiger partial charge in [-0.1, -0.05) is 0 Å². The molecule has 68 valence electrons. The Morgan fingerprint density at radius 2 is 1.15 bits per heavy atom. The molecule has 4 saturated carbocycles. The van der Waals surface area contributed by atoms with E-state index < -0.39 is 11.8 Å². The highest BCUT2D eigenvalue weighted by atomic mass is 16.2. The van der Waals surface area contributed by atoms with E-state index in [1.54, 1.807) is 0 Å². The van der Waals surface area contributed by atoms with Crippen molar-refractivity contribution in [2.75, 3.05) is 0 Å². The van der Waals surface area contributed by atoms with Crippen LogP contribution in [0.15, 0.2) is 0 Å². The van der Waals surface area contributed by atoms with Crippen LogP contribution in [0.1, 0.15) is 19.3 Å². The van der Waals surface area contributed by atoms with E-state index in [4.69, 9.17) is 0 Å². The van der Waals surface area contributed by atoms with E-state index in [9.17, 15) is 14.4 Å². The molecule has 3 nitrogen and oxygen atoms in total. The number of carbonyl (C=O) groups is 3. The Morgan fingerprint density at radius 1 is 0.692 bits per heavy atom. The standard InChI is InChI=1S/C10H10O3/c11-8-4-1-5-3-7(8)10(13)6(2-4)9(5)12/h4-7H,1-3H2. The van der Waals surface area contributed by atoms with Gasteiger partial charge in [0.15, 0.2) is 5.78 Å². The zero-order valence-corrected chi connectivity index (χ0v) is 7.16. The van der Waals surface area contributed by atoms with Crippen molar-refractivity contribution in [3.63, 3.8) is 0 Å². The molecule has 0 aromatic carbocycles. The Labute approximate surface area is 75.5 Å². The summed E-state index contributed by atoms with van der Waals surface area (Å²) in [4.78, 5) is 34.7. The van der Waals surface area contributed by atoms with E-state index in [2.05, 4.69) is 0 Å². The molecule has 4 bridgehead atoms. The summed E-state index contributed by atoms with van der Waals surface area (Å²) in [5, 5.41) is 0. The Kier molecular flexibility index (Phi) is 1.19. The summed E-state index contributed by atoms with van der Waals surface area (Å²) in [6.45, 7) is 0. The van der Waals surface area contributed by atoms with Crippen molar-refractivity contribution in [2.45, 2.75) is 19.3 Å². The molecule has 0 aromatic rings. The van der Waals surface area contributed by atoms with Crippen LogP contribution in [0.5, 0.6) is 0 Å². The fourth-order valence-electron chi connectivity index (χ4n) is 3.13. The normalized spacial score (nSPS) is 47.5. The van der Waals surface area contributed by atoms with Gasteiger partial charge in [0, 0.05) is 11.8 Å². The largest absolute Gasteiger partial charge is 0.299 e. The number of hydrogen-bond acceptors (Lipinski definition) is 3. The minimum atomic E-state index is -0.403. The fourth-order valence-corrected chi connectivity index (χ4v) is 3.13. The zero-order valence-electron chi connectivity index (χ0n) is 7.16. The van der Waals surface area contributed by atoms with Crippen molar-refractivity contribution in [3.8, 4) is 0 Å². The van der Waals surface area contributed by atoms with Crippen molar-refractivity contribution >= 4 is 17.3 Å². The second-order valence-electron chi connectivity index (χ2n) is 4.41. The summed E-state index contributed by atoms with van der Waals surface area (Å²) in [5.41, 5.74) is 0. The zero-order chi connectivity index (χ0) is 9.16. The van der Waals surface area contributed by atoms with E-state index in [0.717, 1.165) is 6.42 Å². The monoisotopic (exact) mass is 178 g/mol. The molecule has 0 heterocycles. The van der Waals surface area contributed by atoms with E-state index in [1.165, 1.54) is 0 Å². The highest BCUT2D eigenvalue weighted by molar-refractivity contribution is 6.18. The van der Waals surface area contributed by atoms with Crippen molar-refractivity contribution in [1.82, 2.24) is 0 Å². The molecule has 0 amide bonds. The maximum Gasteiger partial charge on any atom is 0.153 e. The molecule has 0 spiro atoms. The van der Waals surface area contributed by atoms with Gasteiger partial charge in [-0.2, -0.15) is 0 Å². The average molecular weight is 178 g/mol. The van der Waals surface area contributed by atoms with Gasteiger partial charge in [0.1, 0.15) is 11.6 Å². The third kappa shape index (κ3) is 0.729. The molecule has 0 N–H and O–H groups in total. The molecule has 0 aromatic heterocycles. The molecule has 0 saturated heterocycles. The maximum absolute atomic E-state index is 11.6. The molecule has 0 radical (unpaired) electrons. The summed E-state index contributed by atoms with van der Waals surface area (Å²) in [6, 6.07) is 0. The van der Waals surface area contributed by atoms with Gasteiger partial charge >= 0.3 is 0 Å². The minimum absolute atomic E-state index is 0.0316. The lowest BCUT2D eigenvalue weighted by molar-refractivity contribution is -0.159. The van der Waals surface area contributed by atoms with Gasteiger partial charge in [-0.05, 0) is 19.3 Å². The van der Waals surface area contributed by atoms with E-state index in [-0.39, 0.29) is 29.2 Å². The predicted molar refractivity (Wildman–Crippen MR) is 42.8 cm³/mol. The number of carbonyl (C=O) groups excluding carboxylic acids is 3. The number of Topliss-reactive ketones (excluding diaryl/α,β-unsaturated/α-hetero) is 3. The van der Waals surface area contributed by atoms with Crippen LogP contribution >= 0.6 is 0 Å². The average Bonchev–Trinajstić information content (AvgIpc) is 2.10. The molecule has 0 aliphatic heterocycles. The lowest BCUT2D eigenvalue weighted by Gasteiger charge is -2.45. The Balaban J connectivity index is 2.08. The molecule has 3 heteroatoms. The molecular formula is C10H10O3. The summed E-state index contributed by atoms with van der Waals surface area (Å²) in [6.07, 6.45) is 1.75. The Morgan fingerprint density at radius 3 is 1.62 bits per heavy atom. The first-order chi connectivity index (χ1) is 6.18. The van der Waals surface area contributed by atoms with Crippen LogP contribution in [0.2, 0.25) is 0 Å². The van der Waals surface area contributed by atoms with Crippen LogP contribution in [0, 0.1) is 23.7 Å². The first-order valence-corrected chi connectivity index (χ1v) is 4.79. The lowest BCUT2D eigenvalue weighted by atomic mass is 9.54. The summed E-state index contributed by atoms with van der Waals surface area (Å²) < 4.78 is 0. The van der Waals surface area contributed by atoms with Crippen molar-refractivity contribution in [2.24, 2.45) is 23.7 Å². The lowest BCUT2D eigenvalue weighted by Crippen LogP contribution is -2.56. The summed E-state index contributed by atoms with van der Waals surface area (Å²) in [5.74, 6) is -0.592. The maximum atomic E-state index is 11.6. The predicted octanol–water partition coefficient (Wildman–Crippen LogP) is 0.370. The highest BCUT2D eigenvalue weighted by Gasteiger charge is 2.56. The molecular weight excluding hydrogens is 168 g/mol. The molecule has 4 fully saturated rings. The van der Waals surface area contributed by atoms with Crippen LogP contribution in [0.4, 0.5) is 0 Å². The van der Waals surface area contributed by atoms with Crippen LogP contribution < -0.4 is 0 Å². The fraction of sp³-hybridized carbons (Fsp3) is 0.700. The molecule has 13 heavy (non-hydrogen) atoms. The van der Waals surface area contributed by atoms with Crippen LogP contribution in [-0.4, -0.2) is 17.3 Å². The molecule has 4 aliphatic rings.